The van der Waals surface area contributed by atoms with Crippen LogP contribution in [0.2, 0.25) is 0 Å². The topological polar surface area (TPSA) is 528 Å². The standard InChI is InChI=1S/C36H38O9.C33H34O6.2C21H24O8/c1-35(2,20-7-11-23(37)12-8-20)21-9-15-29(39)26(17-21)31(33(42)44-5)27-18-22(10-16-30(27)40)36(3,4)28-14-13-24(38)19-25(28)32(41)34(43)45-6;1-32(2,20-6-12-24(34)13-7-20)22-10-16-28(36)26(18-22)30(31(38)39-5)27-19-23(11-17-29(27)37)33(3,4)21-8-14-25(35)15-9-21;1-21(2,11-5-7-15(22)13(9-11)17(24)19(26)28-3)12-6-8-16(23)14(10-12)18(25)20(27)29-4;1-21(2,11-5-7-13(22)8-6-11)12-9-14(17(24)19(26)28-3)16(23)15(10-12)18(25)20(27)29-4/h7-19,31-32,37-41H,1-6H3;6-19,30,34-37H,1-5H3;2*5-10,17-18,22-25H,1-4H3. The predicted molar refractivity (Wildman–Crippen MR) is 523 cm³/mol. The third-order valence-electron chi connectivity index (χ3n) is 26.2. The molecule has 12 aromatic carbocycles. The van der Waals surface area contributed by atoms with E-state index in [0.29, 0.717) is 38.9 Å². The van der Waals surface area contributed by atoms with Crippen LogP contribution in [0.15, 0.2) is 237 Å². The molecule has 6 unspecified atom stereocenters. The summed E-state index contributed by atoms with van der Waals surface area (Å²) in [5, 5.41) is 175. The lowest BCUT2D eigenvalue weighted by Gasteiger charge is -2.31. The molecule has 0 saturated heterocycles. The zero-order valence-corrected chi connectivity index (χ0v) is 81.9. The number of methoxy groups -OCH3 is 7. The molecule has 750 valence electrons. The quantitative estimate of drug-likeness (QED) is 0.0160. The van der Waals surface area contributed by atoms with Gasteiger partial charge in [-0.1, -0.05) is 198 Å². The van der Waals surface area contributed by atoms with Gasteiger partial charge in [0.1, 0.15) is 80.8 Å². The van der Waals surface area contributed by atoms with Crippen LogP contribution in [0.3, 0.4) is 0 Å². The number of carbonyl (C=O) groups is 7. The molecule has 0 fully saturated rings. The Morgan fingerprint density at radius 2 is 0.366 bits per heavy atom. The molecular weight excluding hydrogens is 1830 g/mol. The molecule has 142 heavy (non-hydrogen) atoms. The first-order chi connectivity index (χ1) is 66.6. The Labute approximate surface area is 821 Å². The number of hydrogen-bond donors (Lipinski definition) is 17. The van der Waals surface area contributed by atoms with Gasteiger partial charge >= 0.3 is 41.8 Å². The highest BCUT2D eigenvalue weighted by Crippen LogP contribution is 2.50. The van der Waals surface area contributed by atoms with E-state index >= 15 is 0 Å². The minimum atomic E-state index is -1.83. The smallest absolute Gasteiger partial charge is 0.339 e. The number of phenolic OH excluding ortho intramolecular Hbond substituents is 12. The highest BCUT2D eigenvalue weighted by atomic mass is 16.6. The first-order valence-corrected chi connectivity index (χ1v) is 44.4. The SMILES string of the molecule is COC(=O)C(O)c1cc(C(C)(C)c2ccc(O)c(C(O)C(=O)OC)c2)ccc1O.COC(=O)C(O)c1cc(C(C)(C)c2ccc(O)cc2)cc(C(O)C(=O)OC)c1O.COC(=O)C(O)c1cc(O)ccc1C(C)(C)c1ccc(O)c(C(C(=O)OC)c2cc(C(C)(C)c3ccc(O)cc3)ccc2O)c1.COC(=O)C(c1cc(C(C)(C)c2ccc(O)cc2)ccc1O)c1cc(C(C)(C)c2ccc(O)cc2)ccc1O. The maximum atomic E-state index is 13.4. The minimum absolute atomic E-state index is 0.0176. The Balaban J connectivity index is 0.000000215. The molecule has 0 amide bonds. The monoisotopic (exact) mass is 1950 g/mol. The molecule has 0 heterocycles. The summed E-state index contributed by atoms with van der Waals surface area (Å²) in [6.07, 6.45) is -8.66. The molecule has 12 aromatic rings. The van der Waals surface area contributed by atoms with Crippen molar-refractivity contribution in [2.45, 2.75) is 158 Å². The average molecular weight is 1950 g/mol. The Kier molecular flexibility index (Phi) is 34.9. The second kappa shape index (κ2) is 45.1. The van der Waals surface area contributed by atoms with Crippen molar-refractivity contribution in [2.75, 3.05) is 49.8 Å². The highest BCUT2D eigenvalue weighted by molar-refractivity contribution is 5.87. The summed E-state index contributed by atoms with van der Waals surface area (Å²) in [6.45, 7) is 23.0. The zero-order chi connectivity index (χ0) is 106. The Bertz CT molecular complexity index is 6350. The number of esters is 7. The molecule has 0 aliphatic heterocycles. The molecule has 0 radical (unpaired) electrons. The van der Waals surface area contributed by atoms with E-state index in [9.17, 15) is 120 Å². The third-order valence-corrected chi connectivity index (χ3v) is 26.2. The number of ether oxygens (including phenoxy) is 7. The van der Waals surface area contributed by atoms with Gasteiger partial charge in [0.05, 0.1) is 49.8 Å². The van der Waals surface area contributed by atoms with Crippen molar-refractivity contribution in [3.8, 4) is 69.0 Å². The molecule has 0 aliphatic rings. The van der Waals surface area contributed by atoms with Gasteiger partial charge in [0.25, 0.3) is 0 Å². The fourth-order valence-electron chi connectivity index (χ4n) is 16.6. The molecule has 17 N–H and O–H groups in total. The van der Waals surface area contributed by atoms with Crippen LogP contribution in [0, 0.1) is 0 Å². The van der Waals surface area contributed by atoms with E-state index in [1.807, 2.05) is 107 Å². The lowest BCUT2D eigenvalue weighted by atomic mass is 9.73. The van der Waals surface area contributed by atoms with Crippen molar-refractivity contribution in [3.63, 3.8) is 0 Å². The Morgan fingerprint density at radius 1 is 0.190 bits per heavy atom. The average Bonchev–Trinajstić information content (AvgIpc) is 0.772. The van der Waals surface area contributed by atoms with Gasteiger partial charge in [-0.15, -0.1) is 0 Å². The second-order valence-electron chi connectivity index (χ2n) is 36.9. The van der Waals surface area contributed by atoms with Gasteiger partial charge in [-0.2, -0.15) is 0 Å². The number of rotatable bonds is 28. The first-order valence-electron chi connectivity index (χ1n) is 44.4. The summed E-state index contributed by atoms with van der Waals surface area (Å²) < 4.78 is 33.2. The summed E-state index contributed by atoms with van der Waals surface area (Å²) in [4.78, 5) is 85.9. The Hall–Kier alpha value is -15.7. The molecular formula is C111H120O31. The predicted octanol–water partition coefficient (Wildman–Crippen LogP) is 15.8. The summed E-state index contributed by atoms with van der Waals surface area (Å²) >= 11 is 0. The molecule has 0 spiro atoms. The van der Waals surface area contributed by atoms with E-state index in [0.717, 1.165) is 74.5 Å². The van der Waals surface area contributed by atoms with Crippen molar-refractivity contribution in [2.24, 2.45) is 0 Å². The number of phenols is 12. The fraction of sp³-hybridized carbons (Fsp3) is 0.288. The molecule has 31 heteroatoms. The van der Waals surface area contributed by atoms with Crippen LogP contribution in [0.5, 0.6) is 69.0 Å². The number of aliphatic hydroxyl groups is 5. The van der Waals surface area contributed by atoms with Crippen LogP contribution in [-0.2, 0) is 99.2 Å². The van der Waals surface area contributed by atoms with Crippen molar-refractivity contribution >= 4 is 41.8 Å². The molecule has 0 aliphatic carbocycles. The molecule has 0 bridgehead atoms. The van der Waals surface area contributed by atoms with Crippen LogP contribution >= 0.6 is 0 Å². The molecule has 31 nitrogen and oxygen atoms in total. The van der Waals surface area contributed by atoms with Gasteiger partial charge in [0.2, 0.25) is 0 Å². The van der Waals surface area contributed by atoms with Crippen LogP contribution in [0.1, 0.15) is 242 Å². The number of aliphatic hydroxyl groups excluding tert-OH is 5. The van der Waals surface area contributed by atoms with E-state index in [1.54, 1.807) is 140 Å². The van der Waals surface area contributed by atoms with Gasteiger partial charge in [0, 0.05) is 77.0 Å². The number of aromatic hydroxyl groups is 12. The van der Waals surface area contributed by atoms with E-state index in [-0.39, 0.29) is 102 Å². The van der Waals surface area contributed by atoms with E-state index in [4.69, 9.17) is 14.2 Å². The Morgan fingerprint density at radius 3 is 0.606 bits per heavy atom. The van der Waals surface area contributed by atoms with E-state index in [2.05, 4.69) is 18.9 Å². The van der Waals surface area contributed by atoms with Gasteiger partial charge in [0.15, 0.2) is 30.5 Å². The zero-order valence-electron chi connectivity index (χ0n) is 81.9. The number of hydrogen-bond acceptors (Lipinski definition) is 31. The van der Waals surface area contributed by atoms with Gasteiger partial charge in [-0.3, -0.25) is 9.59 Å². The van der Waals surface area contributed by atoms with Crippen molar-refractivity contribution in [1.82, 2.24) is 0 Å². The van der Waals surface area contributed by atoms with Crippen LogP contribution in [0.4, 0.5) is 0 Å². The van der Waals surface area contributed by atoms with Crippen LogP contribution < -0.4 is 0 Å². The molecule has 12 rings (SSSR count). The van der Waals surface area contributed by atoms with Gasteiger partial charge in [-0.25, -0.2) is 24.0 Å². The summed E-state index contributed by atoms with van der Waals surface area (Å²) in [5.41, 5.74) is 5.29. The summed E-state index contributed by atoms with van der Waals surface area (Å²) in [7, 11) is 8.06. The number of carbonyl (C=O) groups excluding carboxylic acids is 7. The van der Waals surface area contributed by atoms with Crippen molar-refractivity contribution in [1.29, 1.82) is 0 Å². The molecule has 0 aromatic heterocycles. The largest absolute Gasteiger partial charge is 0.508 e. The minimum Gasteiger partial charge on any atom is -0.508 e. The van der Waals surface area contributed by atoms with Crippen LogP contribution in [0.25, 0.3) is 0 Å². The third kappa shape index (κ3) is 23.9. The highest BCUT2D eigenvalue weighted by Gasteiger charge is 2.41. The normalized spacial score (nSPS) is 12.9. The number of benzene rings is 12. The lowest BCUT2D eigenvalue weighted by Crippen LogP contribution is -2.25. The summed E-state index contributed by atoms with van der Waals surface area (Å²) in [6, 6.07) is 62.8. The lowest BCUT2D eigenvalue weighted by molar-refractivity contribution is -0.151. The fourth-order valence-corrected chi connectivity index (χ4v) is 16.6. The molecule has 6 atom stereocenters. The maximum Gasteiger partial charge on any atom is 0.339 e. The second-order valence-corrected chi connectivity index (χ2v) is 36.9. The first kappa shape index (κ1) is 110. The van der Waals surface area contributed by atoms with E-state index < -0.39 is 122 Å². The van der Waals surface area contributed by atoms with Gasteiger partial charge in [-0.05, 0) is 194 Å². The van der Waals surface area contributed by atoms with Gasteiger partial charge < -0.3 is 120 Å². The summed E-state index contributed by atoms with van der Waals surface area (Å²) in [5.74, 6) is -9.80. The molecule has 0 saturated carbocycles. The van der Waals surface area contributed by atoms with Crippen molar-refractivity contribution in [3.05, 3.63) is 353 Å². The van der Waals surface area contributed by atoms with Crippen LogP contribution in [-0.4, -0.2) is 178 Å². The maximum absolute atomic E-state index is 13.4. The van der Waals surface area contributed by atoms with Crippen molar-refractivity contribution < 1.29 is 154 Å². The van der Waals surface area contributed by atoms with E-state index in [1.165, 1.54) is 87.0 Å².